The number of anilines is 1. The summed E-state index contributed by atoms with van der Waals surface area (Å²) >= 11 is 0. The minimum absolute atomic E-state index is 0.236. The first-order chi connectivity index (χ1) is 14.0. The van der Waals surface area contributed by atoms with Gasteiger partial charge >= 0.3 is 0 Å². The van der Waals surface area contributed by atoms with E-state index in [1.54, 1.807) is 22.9 Å². The molecule has 0 saturated heterocycles. The Balaban J connectivity index is 1.79. The number of pyridine rings is 2. The maximum atomic E-state index is 13.0. The maximum Gasteiger partial charge on any atom is 0.278 e. The lowest BCUT2D eigenvalue weighted by molar-refractivity contribution is -0.655. The van der Waals surface area contributed by atoms with Gasteiger partial charge in [0.1, 0.15) is 10.9 Å². The van der Waals surface area contributed by atoms with Crippen LogP contribution in [-0.4, -0.2) is 15.3 Å². The molecule has 0 aliphatic heterocycles. The van der Waals surface area contributed by atoms with Crippen molar-refractivity contribution in [2.45, 2.75) is 26.9 Å². The number of carbonyl (C=O) groups excluding carboxylic acids is 1. The zero-order valence-electron chi connectivity index (χ0n) is 16.3. The molecule has 29 heavy (non-hydrogen) atoms. The second-order valence-corrected chi connectivity index (χ2v) is 6.94. The first-order valence-corrected chi connectivity index (χ1v) is 9.46. The van der Waals surface area contributed by atoms with E-state index in [9.17, 15) is 9.59 Å². The Bertz CT molecular complexity index is 1290. The molecule has 0 bridgehead atoms. The second-order valence-electron chi connectivity index (χ2n) is 6.94. The first-order valence-electron chi connectivity index (χ1n) is 9.46. The third kappa shape index (κ3) is 3.31. The molecule has 7 heteroatoms. The molecule has 0 spiro atoms. The normalized spacial score (nSPS) is 11.1. The van der Waals surface area contributed by atoms with Crippen molar-refractivity contribution < 1.29 is 9.36 Å². The summed E-state index contributed by atoms with van der Waals surface area (Å²) in [5.74, 6) is -0.0432. The van der Waals surface area contributed by atoms with Crippen LogP contribution in [0.3, 0.4) is 0 Å². The molecule has 7 nitrogen and oxygen atoms in total. The summed E-state index contributed by atoms with van der Waals surface area (Å²) in [4.78, 5) is 30.4. The molecule has 0 saturated carbocycles. The molecule has 0 unspecified atom stereocenters. The third-order valence-electron chi connectivity index (χ3n) is 4.99. The number of benzene rings is 1. The van der Waals surface area contributed by atoms with Gasteiger partial charge in [0.2, 0.25) is 11.5 Å². The van der Waals surface area contributed by atoms with Crippen molar-refractivity contribution in [1.82, 2.24) is 14.7 Å². The van der Waals surface area contributed by atoms with Crippen LogP contribution in [0.15, 0.2) is 59.5 Å². The van der Waals surface area contributed by atoms with Crippen LogP contribution in [0, 0.1) is 6.92 Å². The van der Waals surface area contributed by atoms with Crippen LogP contribution < -0.4 is 21.2 Å². The van der Waals surface area contributed by atoms with Crippen LogP contribution in [0.25, 0.3) is 16.7 Å². The zero-order valence-corrected chi connectivity index (χ0v) is 16.3. The van der Waals surface area contributed by atoms with E-state index >= 15 is 0 Å². The fraction of sp³-hybridized carbons (Fsp3) is 0.182. The topological polar surface area (TPSA) is 93.4 Å². The summed E-state index contributed by atoms with van der Waals surface area (Å²) in [5, 5.41) is 3.24. The lowest BCUT2D eigenvalue weighted by Gasteiger charge is -2.11. The van der Waals surface area contributed by atoms with Crippen LogP contribution in [0.4, 0.5) is 5.82 Å². The average Bonchev–Trinajstić information content (AvgIpc) is 2.73. The number of fused-ring (bicyclic) bond motifs is 2. The summed E-state index contributed by atoms with van der Waals surface area (Å²) in [6, 6.07) is 14.8. The van der Waals surface area contributed by atoms with Gasteiger partial charge in [-0.15, -0.1) is 0 Å². The lowest BCUT2D eigenvalue weighted by atomic mass is 10.1. The van der Waals surface area contributed by atoms with Crippen LogP contribution in [0.1, 0.15) is 28.4 Å². The predicted octanol–water partition coefficient (Wildman–Crippen LogP) is 1.98. The molecule has 4 aromatic rings. The number of hydrogen-bond donors (Lipinski definition) is 2. The van der Waals surface area contributed by atoms with Crippen LogP contribution in [-0.2, 0) is 13.1 Å². The lowest BCUT2D eigenvalue weighted by Crippen LogP contribution is -2.42. The summed E-state index contributed by atoms with van der Waals surface area (Å²) in [6.45, 7) is 4.77. The number of amides is 1. The van der Waals surface area contributed by atoms with Crippen molar-refractivity contribution in [2.24, 2.45) is 0 Å². The Morgan fingerprint density at radius 2 is 1.97 bits per heavy atom. The number of rotatable bonds is 4. The number of nitrogens with two attached hydrogens (primary N) is 1. The predicted molar refractivity (Wildman–Crippen MR) is 112 cm³/mol. The molecular weight excluding hydrogens is 366 g/mol. The SMILES string of the molecule is CC[n+]1c(N)c(C(=O)NCc2ccc(C)cc2)cc2c(=O)n3ccccc3nc21. The number of aromatic nitrogens is 3. The summed E-state index contributed by atoms with van der Waals surface area (Å²) in [6.07, 6.45) is 1.66. The van der Waals surface area contributed by atoms with Crippen molar-refractivity contribution in [3.63, 3.8) is 0 Å². The number of nitrogens with zero attached hydrogens (tertiary/aromatic N) is 3. The highest BCUT2D eigenvalue weighted by atomic mass is 16.1. The monoisotopic (exact) mass is 388 g/mol. The highest BCUT2D eigenvalue weighted by Gasteiger charge is 2.23. The van der Waals surface area contributed by atoms with Gasteiger partial charge in [-0.2, -0.15) is 0 Å². The molecule has 1 amide bonds. The van der Waals surface area contributed by atoms with E-state index in [1.165, 1.54) is 10.5 Å². The fourth-order valence-electron chi connectivity index (χ4n) is 3.39. The van der Waals surface area contributed by atoms with E-state index in [0.717, 1.165) is 11.1 Å². The van der Waals surface area contributed by atoms with E-state index in [2.05, 4.69) is 10.3 Å². The number of carbonyl (C=O) groups is 1. The second kappa shape index (κ2) is 7.35. The highest BCUT2D eigenvalue weighted by molar-refractivity contribution is 6.00. The third-order valence-corrected chi connectivity index (χ3v) is 4.99. The number of nitrogens with one attached hydrogen (secondary N) is 1. The minimum Gasteiger partial charge on any atom is -0.348 e. The molecule has 1 aromatic carbocycles. The van der Waals surface area contributed by atoms with Crippen molar-refractivity contribution in [2.75, 3.05) is 5.73 Å². The first kappa shape index (κ1) is 18.6. The van der Waals surface area contributed by atoms with Gasteiger partial charge in [0.05, 0.1) is 6.54 Å². The van der Waals surface area contributed by atoms with Crippen molar-refractivity contribution in [1.29, 1.82) is 0 Å². The van der Waals surface area contributed by atoms with Gasteiger partial charge in [-0.25, -0.2) is 4.57 Å². The molecule has 3 N–H and O–H groups in total. The summed E-state index contributed by atoms with van der Waals surface area (Å²) in [7, 11) is 0. The quantitative estimate of drug-likeness (QED) is 0.413. The van der Waals surface area contributed by atoms with Gasteiger partial charge in [0.25, 0.3) is 17.1 Å². The van der Waals surface area contributed by atoms with Gasteiger partial charge in [-0.05, 0) is 37.6 Å². The van der Waals surface area contributed by atoms with Crippen molar-refractivity contribution >= 4 is 28.4 Å². The van der Waals surface area contributed by atoms with E-state index in [-0.39, 0.29) is 22.8 Å². The Kier molecular flexibility index (Phi) is 4.72. The number of nitrogen functional groups attached to an aromatic ring is 1. The van der Waals surface area contributed by atoms with Gasteiger partial charge in [-0.3, -0.25) is 14.0 Å². The summed E-state index contributed by atoms with van der Waals surface area (Å²) < 4.78 is 3.16. The molecule has 0 fully saturated rings. The van der Waals surface area contributed by atoms with Crippen LogP contribution in [0.2, 0.25) is 0 Å². The van der Waals surface area contributed by atoms with E-state index in [0.29, 0.717) is 29.8 Å². The van der Waals surface area contributed by atoms with Gasteiger partial charge in [-0.1, -0.05) is 40.9 Å². The minimum atomic E-state index is -0.329. The van der Waals surface area contributed by atoms with E-state index < -0.39 is 0 Å². The Hall–Kier alpha value is -3.74. The standard InChI is InChI=1S/C22H21N5O2/c1-3-26-19(23)16(21(28)24-13-15-9-7-14(2)8-10-15)12-17-20(26)25-18-6-4-5-11-27(18)22(17)29/h4-12,23H,3,13H2,1-2H3,(H,24,28)/p+1. The molecule has 146 valence electrons. The highest BCUT2D eigenvalue weighted by Crippen LogP contribution is 2.15. The molecule has 0 aliphatic rings. The van der Waals surface area contributed by atoms with Crippen LogP contribution in [0.5, 0.6) is 0 Å². The van der Waals surface area contributed by atoms with E-state index in [1.807, 2.05) is 44.2 Å². The van der Waals surface area contributed by atoms with Gasteiger partial charge < -0.3 is 11.1 Å². The molecule has 0 atom stereocenters. The fourth-order valence-corrected chi connectivity index (χ4v) is 3.39. The average molecular weight is 388 g/mol. The van der Waals surface area contributed by atoms with E-state index in [4.69, 9.17) is 5.73 Å². The largest absolute Gasteiger partial charge is 0.348 e. The molecule has 4 rings (SSSR count). The van der Waals surface area contributed by atoms with Gasteiger partial charge in [0.15, 0.2) is 0 Å². The van der Waals surface area contributed by atoms with Crippen LogP contribution >= 0.6 is 0 Å². The number of aryl methyl sites for hydroxylation is 2. The molecule has 3 aromatic heterocycles. The smallest absolute Gasteiger partial charge is 0.278 e. The molecule has 0 radical (unpaired) electrons. The molecule has 3 heterocycles. The van der Waals surface area contributed by atoms with Gasteiger partial charge in [0, 0.05) is 12.7 Å². The Labute approximate surface area is 167 Å². The Morgan fingerprint density at radius 1 is 1.21 bits per heavy atom. The summed E-state index contributed by atoms with van der Waals surface area (Å²) in [5.41, 5.74) is 9.47. The maximum absolute atomic E-state index is 13.0. The zero-order chi connectivity index (χ0) is 20.5. The Morgan fingerprint density at radius 3 is 2.69 bits per heavy atom. The molecular formula is C22H22N5O2+. The van der Waals surface area contributed by atoms with Crippen molar-refractivity contribution in [3.05, 3.63) is 81.8 Å². The number of hydrogen-bond acceptors (Lipinski definition) is 4. The molecule has 0 aliphatic carbocycles. The van der Waals surface area contributed by atoms with Crippen molar-refractivity contribution in [3.8, 4) is 0 Å².